The van der Waals surface area contributed by atoms with Gasteiger partial charge in [-0.15, -0.1) is 0 Å². The molecule has 0 saturated heterocycles. The number of hydrogen-bond donors (Lipinski definition) is 0. The van der Waals surface area contributed by atoms with E-state index in [4.69, 9.17) is 0 Å². The molecule has 10 heavy (non-hydrogen) atoms. The SMILES string of the molecule is CC(C)(C)C#[C][Pb]([CH3])([CH3])[CH3]. The molecule has 0 aromatic carbocycles. The van der Waals surface area contributed by atoms with Crippen molar-refractivity contribution >= 4 is 21.2 Å². The van der Waals surface area contributed by atoms with Crippen LogP contribution >= 0.6 is 0 Å². The van der Waals surface area contributed by atoms with Gasteiger partial charge in [-0.3, -0.25) is 0 Å². The normalized spacial score (nSPS) is 12.2. The Morgan fingerprint density at radius 2 is 1.40 bits per heavy atom. The second-order valence-corrected chi connectivity index (χ2v) is 23.2. The van der Waals surface area contributed by atoms with Gasteiger partial charge in [-0.25, -0.2) is 0 Å². The number of rotatable bonds is 0. The quantitative estimate of drug-likeness (QED) is 0.472. The van der Waals surface area contributed by atoms with Crippen LogP contribution in [0.5, 0.6) is 0 Å². The fourth-order valence-electron chi connectivity index (χ4n) is 0.375. The first-order chi connectivity index (χ1) is 4.21. The van der Waals surface area contributed by atoms with Crippen molar-refractivity contribution in [1.82, 2.24) is 0 Å². The molecule has 0 fully saturated rings. The molecule has 0 spiro atoms. The summed E-state index contributed by atoms with van der Waals surface area (Å²) in [5, 5.41) is 0. The minimum absolute atomic E-state index is 0.202. The van der Waals surface area contributed by atoms with Crippen LogP contribution in [0.2, 0.25) is 13.4 Å². The summed E-state index contributed by atoms with van der Waals surface area (Å²) in [6.45, 7) is 6.50. The van der Waals surface area contributed by atoms with Crippen LogP contribution in [0.4, 0.5) is 0 Å². The molecule has 0 aliphatic rings. The summed E-state index contributed by atoms with van der Waals surface area (Å²) < 4.78 is 10.5. The molecule has 0 bridgehead atoms. The first-order valence-electron chi connectivity index (χ1n) is 3.75. The first-order valence-corrected chi connectivity index (χ1v) is 17.4. The molecule has 0 atom stereocenters. The molecule has 0 unspecified atom stereocenters. The first kappa shape index (κ1) is 10.5. The molecule has 0 N–H and O–H groups in total. The Labute approximate surface area is 70.1 Å². The van der Waals surface area contributed by atoms with Gasteiger partial charge in [-0.1, -0.05) is 0 Å². The van der Waals surface area contributed by atoms with Crippen molar-refractivity contribution in [3.63, 3.8) is 0 Å². The van der Waals surface area contributed by atoms with Crippen molar-refractivity contribution in [3.05, 3.63) is 0 Å². The van der Waals surface area contributed by atoms with E-state index in [1.165, 1.54) is 0 Å². The van der Waals surface area contributed by atoms with Crippen LogP contribution in [0.25, 0.3) is 0 Å². The zero-order valence-corrected chi connectivity index (χ0v) is 11.9. The molecule has 0 heterocycles. The third kappa shape index (κ3) is 8.48. The van der Waals surface area contributed by atoms with Crippen molar-refractivity contribution in [1.29, 1.82) is 0 Å². The van der Waals surface area contributed by atoms with E-state index in [-0.39, 0.29) is 5.41 Å². The molecule has 0 aliphatic heterocycles. The summed E-state index contributed by atoms with van der Waals surface area (Å²) in [7, 11) is 0. The minimum atomic E-state index is -1.89. The van der Waals surface area contributed by atoms with Gasteiger partial charge >= 0.3 is 70.2 Å². The topological polar surface area (TPSA) is 0 Å². The van der Waals surface area contributed by atoms with Gasteiger partial charge in [-0.2, -0.15) is 0 Å². The van der Waals surface area contributed by atoms with Crippen LogP contribution in [0.15, 0.2) is 0 Å². The van der Waals surface area contributed by atoms with E-state index in [9.17, 15) is 0 Å². The third-order valence-electron chi connectivity index (χ3n) is 0.812. The van der Waals surface area contributed by atoms with Gasteiger partial charge in [0, 0.05) is 0 Å². The van der Waals surface area contributed by atoms with E-state index in [1.807, 2.05) is 0 Å². The van der Waals surface area contributed by atoms with Crippen LogP contribution in [-0.4, -0.2) is 21.2 Å². The summed E-state index contributed by atoms with van der Waals surface area (Å²) in [5.41, 5.74) is 0.202. The molecule has 58 valence electrons. The second-order valence-electron chi connectivity index (χ2n) is 4.75. The molecular weight excluding hydrogens is 315 g/mol. The van der Waals surface area contributed by atoms with E-state index in [1.54, 1.807) is 0 Å². The molecule has 0 rings (SSSR count). The number of hydrogen-bond acceptors (Lipinski definition) is 0. The van der Waals surface area contributed by atoms with Gasteiger partial charge in [0.1, 0.15) is 0 Å². The van der Waals surface area contributed by atoms with Gasteiger partial charge in [0.05, 0.1) is 0 Å². The molecule has 0 radical (unpaired) electrons. The molecule has 0 aromatic rings. The van der Waals surface area contributed by atoms with Crippen LogP contribution < -0.4 is 0 Å². The predicted molar refractivity (Wildman–Crippen MR) is 50.6 cm³/mol. The van der Waals surface area contributed by atoms with Gasteiger partial charge in [-0.05, 0) is 0 Å². The maximum atomic E-state index is 3.43. The van der Waals surface area contributed by atoms with Gasteiger partial charge in [0.2, 0.25) is 0 Å². The van der Waals surface area contributed by atoms with E-state index in [0.717, 1.165) is 0 Å². The molecule has 1 heteroatoms. The van der Waals surface area contributed by atoms with Crippen LogP contribution in [-0.2, 0) is 0 Å². The average molecular weight is 333 g/mol. The fourth-order valence-corrected chi connectivity index (χ4v) is 3.29. The summed E-state index contributed by atoms with van der Waals surface area (Å²) in [6.07, 6.45) is 0. The summed E-state index contributed by atoms with van der Waals surface area (Å²) in [4.78, 5) is 0. The molecular formula is C9H18Pb. The van der Waals surface area contributed by atoms with Crippen molar-refractivity contribution < 1.29 is 0 Å². The van der Waals surface area contributed by atoms with E-state index in [2.05, 4.69) is 43.6 Å². The van der Waals surface area contributed by atoms with E-state index >= 15 is 0 Å². The molecule has 0 aromatic heterocycles. The monoisotopic (exact) mass is 334 g/mol. The van der Waals surface area contributed by atoms with Crippen molar-refractivity contribution in [2.24, 2.45) is 5.41 Å². The molecule has 0 amide bonds. The Kier molecular flexibility index (Phi) is 3.41. The fraction of sp³-hybridized carbons (Fsp3) is 0.778. The third-order valence-corrected chi connectivity index (χ3v) is 4.21. The van der Waals surface area contributed by atoms with E-state index in [0.29, 0.717) is 0 Å². The molecule has 0 aliphatic carbocycles. The summed E-state index contributed by atoms with van der Waals surface area (Å²) >= 11 is -1.89. The van der Waals surface area contributed by atoms with Crippen molar-refractivity contribution in [3.8, 4) is 9.40 Å². The average Bonchev–Trinajstić information content (AvgIpc) is 1.57. The standard InChI is InChI=1S/C6H9.3CH3.Pb/c1-5-6(2,3)4;;;;/h2-4H3;3*1H3;. The summed E-state index contributed by atoms with van der Waals surface area (Å²) in [5.74, 6) is 3.31. The predicted octanol–water partition coefficient (Wildman–Crippen LogP) is 2.91. The van der Waals surface area contributed by atoms with Gasteiger partial charge in [0.15, 0.2) is 0 Å². The zero-order chi connectivity index (χ0) is 8.41. The Morgan fingerprint density at radius 1 is 1.00 bits per heavy atom. The summed E-state index contributed by atoms with van der Waals surface area (Å²) in [6, 6.07) is 0. The van der Waals surface area contributed by atoms with Gasteiger partial charge < -0.3 is 0 Å². The second kappa shape index (κ2) is 3.25. The Hall–Kier alpha value is 0.482. The van der Waals surface area contributed by atoms with Crippen molar-refractivity contribution in [2.75, 3.05) is 0 Å². The molecule has 0 nitrogen and oxygen atoms in total. The molecule has 0 saturated carbocycles. The Balaban J connectivity index is 4.19. The maximum absolute atomic E-state index is 3.43. The van der Waals surface area contributed by atoms with Crippen molar-refractivity contribution in [2.45, 2.75) is 34.2 Å². The Morgan fingerprint density at radius 3 is 1.50 bits per heavy atom. The van der Waals surface area contributed by atoms with Crippen LogP contribution in [0.3, 0.4) is 0 Å². The van der Waals surface area contributed by atoms with Gasteiger partial charge in [0.25, 0.3) is 0 Å². The Bertz CT molecular complexity index is 138. The van der Waals surface area contributed by atoms with Crippen LogP contribution in [0, 0.1) is 14.8 Å². The van der Waals surface area contributed by atoms with Crippen LogP contribution in [0.1, 0.15) is 20.8 Å². The zero-order valence-electron chi connectivity index (χ0n) is 8.00. The van der Waals surface area contributed by atoms with E-state index < -0.39 is 21.2 Å².